The Hall–Kier alpha value is -2.73. The first-order valence-corrected chi connectivity index (χ1v) is 9.30. The molecule has 2 fully saturated rings. The molecule has 7 heteroatoms. The van der Waals surface area contributed by atoms with Gasteiger partial charge in [-0.3, -0.25) is 4.90 Å². The lowest BCUT2D eigenvalue weighted by atomic mass is 10.1. The number of halogens is 1. The summed E-state index contributed by atoms with van der Waals surface area (Å²) >= 11 is 6.02. The minimum absolute atomic E-state index is 0.113. The van der Waals surface area contributed by atoms with E-state index in [2.05, 4.69) is 5.32 Å². The maximum absolute atomic E-state index is 12.5. The molecule has 0 saturated carbocycles. The molecule has 2 aliphatic rings. The Balaban J connectivity index is 1.37. The van der Waals surface area contributed by atoms with Crippen LogP contribution >= 0.6 is 11.6 Å². The number of nitrogens with zero attached hydrogens (tertiary/aromatic N) is 2. The van der Waals surface area contributed by atoms with E-state index in [9.17, 15) is 9.59 Å². The van der Waals surface area contributed by atoms with Crippen LogP contribution in [-0.4, -0.2) is 53.7 Å². The van der Waals surface area contributed by atoms with E-state index in [0.29, 0.717) is 31.1 Å². The van der Waals surface area contributed by atoms with E-state index in [0.717, 1.165) is 11.3 Å². The van der Waals surface area contributed by atoms with Crippen LogP contribution in [0.4, 0.5) is 15.3 Å². The van der Waals surface area contributed by atoms with Crippen LogP contribution < -0.4 is 5.32 Å². The number of anilines is 1. The summed E-state index contributed by atoms with van der Waals surface area (Å²) in [5.41, 5.74) is 1.81. The van der Waals surface area contributed by atoms with Gasteiger partial charge in [0.15, 0.2) is 0 Å². The van der Waals surface area contributed by atoms with Crippen molar-refractivity contribution in [2.24, 2.45) is 0 Å². The lowest BCUT2D eigenvalue weighted by Gasteiger charge is -2.22. The fraction of sp³-hybridized carbons (Fsp3) is 0.300. The van der Waals surface area contributed by atoms with Crippen molar-refractivity contribution in [3.8, 4) is 0 Å². The molecule has 27 heavy (non-hydrogen) atoms. The normalized spacial score (nSPS) is 21.1. The Bertz CT molecular complexity index is 845. The fourth-order valence-corrected chi connectivity index (χ4v) is 3.81. The maximum Gasteiger partial charge on any atom is 0.410 e. The van der Waals surface area contributed by atoms with Crippen molar-refractivity contribution >= 4 is 29.4 Å². The maximum atomic E-state index is 12.5. The summed E-state index contributed by atoms with van der Waals surface area (Å²) < 4.78 is 5.48. The second kappa shape index (κ2) is 7.48. The van der Waals surface area contributed by atoms with E-state index >= 15 is 0 Å². The molecule has 2 aliphatic heterocycles. The third-order valence-corrected chi connectivity index (χ3v) is 5.20. The standard InChI is InChI=1S/C20H20ClN3O3/c21-15-6-4-5-14(11-15)9-10-24-17-12-23(13-18(17)27-20(24)26)19(25)22-16-7-2-1-3-8-16/h1-8,11,17-18H,9-10,12-13H2,(H,22,25)/t17-,18+/m0/s1. The summed E-state index contributed by atoms with van der Waals surface area (Å²) in [6.45, 7) is 1.40. The van der Waals surface area contributed by atoms with Gasteiger partial charge in [0.25, 0.3) is 0 Å². The van der Waals surface area contributed by atoms with Crippen molar-refractivity contribution in [3.63, 3.8) is 0 Å². The van der Waals surface area contributed by atoms with Gasteiger partial charge in [-0.1, -0.05) is 41.9 Å². The van der Waals surface area contributed by atoms with Gasteiger partial charge in [-0.15, -0.1) is 0 Å². The van der Waals surface area contributed by atoms with Crippen LogP contribution in [0.5, 0.6) is 0 Å². The Morgan fingerprint density at radius 3 is 2.74 bits per heavy atom. The molecule has 140 valence electrons. The largest absolute Gasteiger partial charge is 0.442 e. The predicted octanol–water partition coefficient (Wildman–Crippen LogP) is 3.62. The predicted molar refractivity (Wildman–Crippen MR) is 103 cm³/mol. The second-order valence-corrected chi connectivity index (χ2v) is 7.20. The number of nitrogens with one attached hydrogen (secondary N) is 1. The highest BCUT2D eigenvalue weighted by Gasteiger charge is 2.48. The highest BCUT2D eigenvalue weighted by atomic mass is 35.5. The molecule has 0 aliphatic carbocycles. The van der Waals surface area contributed by atoms with Gasteiger partial charge in [0.2, 0.25) is 0 Å². The quantitative estimate of drug-likeness (QED) is 0.874. The Morgan fingerprint density at radius 1 is 1.15 bits per heavy atom. The SMILES string of the molecule is O=C(Nc1ccccc1)N1C[C@H]2OC(=O)N(CCc3cccc(Cl)c3)[C@H]2C1. The third kappa shape index (κ3) is 3.85. The Kier molecular flexibility index (Phi) is 4.90. The average Bonchev–Trinajstić information content (AvgIpc) is 3.18. The molecule has 0 radical (unpaired) electrons. The number of hydrogen-bond donors (Lipinski definition) is 1. The minimum atomic E-state index is -0.310. The number of hydrogen-bond acceptors (Lipinski definition) is 3. The van der Waals surface area contributed by atoms with Crippen LogP contribution in [0, 0.1) is 0 Å². The summed E-state index contributed by atoms with van der Waals surface area (Å²) in [4.78, 5) is 28.1. The van der Waals surface area contributed by atoms with Crippen molar-refractivity contribution in [2.75, 3.05) is 25.0 Å². The van der Waals surface area contributed by atoms with E-state index in [1.807, 2.05) is 54.6 Å². The van der Waals surface area contributed by atoms with Crippen LogP contribution in [0.25, 0.3) is 0 Å². The Labute approximate surface area is 162 Å². The van der Waals surface area contributed by atoms with E-state index in [4.69, 9.17) is 16.3 Å². The van der Waals surface area contributed by atoms with Crippen molar-refractivity contribution in [2.45, 2.75) is 18.6 Å². The van der Waals surface area contributed by atoms with Gasteiger partial charge in [0.05, 0.1) is 12.6 Å². The lowest BCUT2D eigenvalue weighted by molar-refractivity contribution is 0.124. The van der Waals surface area contributed by atoms with Crippen LogP contribution in [0.1, 0.15) is 5.56 Å². The zero-order valence-electron chi connectivity index (χ0n) is 14.7. The molecule has 0 aromatic heterocycles. The van der Waals surface area contributed by atoms with Gasteiger partial charge < -0.3 is 15.0 Å². The molecule has 2 saturated heterocycles. The van der Waals surface area contributed by atoms with E-state index < -0.39 is 0 Å². The molecule has 2 atom stereocenters. The highest BCUT2D eigenvalue weighted by molar-refractivity contribution is 6.30. The smallest absolute Gasteiger partial charge is 0.410 e. The molecular weight excluding hydrogens is 366 g/mol. The van der Waals surface area contributed by atoms with Crippen LogP contribution in [0.2, 0.25) is 5.02 Å². The molecule has 6 nitrogen and oxygen atoms in total. The molecule has 0 bridgehead atoms. The summed E-state index contributed by atoms with van der Waals surface area (Å²) in [5.74, 6) is 0. The topological polar surface area (TPSA) is 61.9 Å². The number of carbonyl (C=O) groups excluding carboxylic acids is 2. The number of para-hydroxylation sites is 1. The minimum Gasteiger partial charge on any atom is -0.442 e. The van der Waals surface area contributed by atoms with E-state index in [-0.39, 0.29) is 24.3 Å². The van der Waals surface area contributed by atoms with Gasteiger partial charge in [-0.2, -0.15) is 0 Å². The number of carbonyl (C=O) groups is 2. The number of urea groups is 1. The fourth-order valence-electron chi connectivity index (χ4n) is 3.59. The van der Waals surface area contributed by atoms with Crippen LogP contribution in [0.3, 0.4) is 0 Å². The first kappa shape index (κ1) is 17.7. The number of ether oxygens (including phenoxy) is 1. The number of fused-ring (bicyclic) bond motifs is 1. The number of amides is 3. The molecule has 2 heterocycles. The van der Waals surface area contributed by atoms with Crippen LogP contribution in [0.15, 0.2) is 54.6 Å². The number of rotatable bonds is 4. The molecule has 3 amide bonds. The molecule has 2 aromatic carbocycles. The summed E-state index contributed by atoms with van der Waals surface area (Å²) in [5, 5.41) is 3.56. The van der Waals surface area contributed by atoms with E-state index in [1.54, 1.807) is 9.80 Å². The molecular formula is C20H20ClN3O3. The first-order valence-electron chi connectivity index (χ1n) is 8.93. The molecule has 0 spiro atoms. The van der Waals surface area contributed by atoms with Gasteiger partial charge in [0.1, 0.15) is 6.10 Å². The third-order valence-electron chi connectivity index (χ3n) is 4.97. The number of benzene rings is 2. The van der Waals surface area contributed by atoms with Gasteiger partial charge in [0, 0.05) is 23.8 Å². The average molecular weight is 386 g/mol. The van der Waals surface area contributed by atoms with Crippen molar-refractivity contribution in [1.29, 1.82) is 0 Å². The monoisotopic (exact) mass is 385 g/mol. The molecule has 0 unspecified atom stereocenters. The lowest BCUT2D eigenvalue weighted by Crippen LogP contribution is -2.41. The number of likely N-dealkylation sites (tertiary alicyclic amines) is 1. The molecule has 1 N–H and O–H groups in total. The first-order chi connectivity index (χ1) is 13.1. The van der Waals surface area contributed by atoms with Crippen molar-refractivity contribution in [1.82, 2.24) is 9.80 Å². The summed E-state index contributed by atoms with van der Waals surface area (Å²) in [7, 11) is 0. The summed E-state index contributed by atoms with van der Waals surface area (Å²) in [6, 6.07) is 16.6. The van der Waals surface area contributed by atoms with Crippen molar-refractivity contribution in [3.05, 3.63) is 65.2 Å². The van der Waals surface area contributed by atoms with Crippen LogP contribution in [-0.2, 0) is 11.2 Å². The molecule has 4 rings (SSSR count). The van der Waals surface area contributed by atoms with Gasteiger partial charge >= 0.3 is 12.1 Å². The van der Waals surface area contributed by atoms with Crippen molar-refractivity contribution < 1.29 is 14.3 Å². The van der Waals surface area contributed by atoms with Gasteiger partial charge in [-0.25, -0.2) is 9.59 Å². The van der Waals surface area contributed by atoms with Gasteiger partial charge in [-0.05, 0) is 36.2 Å². The second-order valence-electron chi connectivity index (χ2n) is 6.76. The zero-order chi connectivity index (χ0) is 18.8. The van der Waals surface area contributed by atoms with E-state index in [1.165, 1.54) is 0 Å². The summed E-state index contributed by atoms with van der Waals surface area (Å²) in [6.07, 6.45) is 0.100. The molecule has 2 aromatic rings. The Morgan fingerprint density at radius 2 is 1.96 bits per heavy atom. The highest BCUT2D eigenvalue weighted by Crippen LogP contribution is 2.28. The zero-order valence-corrected chi connectivity index (χ0v) is 15.4.